The Hall–Kier alpha value is -2.25. The molecule has 0 spiro atoms. The van der Waals surface area contributed by atoms with E-state index in [4.69, 9.17) is 4.55 Å². The Bertz CT molecular complexity index is 846. The van der Waals surface area contributed by atoms with Crippen LogP contribution in [-0.2, 0) is 21.3 Å². The molecule has 0 aliphatic carbocycles. The molecule has 2 aromatic rings. The average molecular weight is 304 g/mol. The first kappa shape index (κ1) is 13.7. The summed E-state index contributed by atoms with van der Waals surface area (Å²) in [4.78, 5) is 16.8. The van der Waals surface area contributed by atoms with Crippen molar-refractivity contribution in [3.05, 3.63) is 42.2 Å². The van der Waals surface area contributed by atoms with Crippen molar-refractivity contribution < 1.29 is 17.8 Å². The van der Waals surface area contributed by atoms with Crippen molar-refractivity contribution >= 4 is 21.7 Å². The molecule has 2 heterocycles. The van der Waals surface area contributed by atoms with Crippen molar-refractivity contribution in [1.82, 2.24) is 4.98 Å². The third-order valence-electron chi connectivity index (χ3n) is 3.50. The van der Waals surface area contributed by atoms with Crippen LogP contribution in [0.4, 0.5) is 5.69 Å². The van der Waals surface area contributed by atoms with Crippen molar-refractivity contribution in [2.75, 3.05) is 11.9 Å². The van der Waals surface area contributed by atoms with Gasteiger partial charge in [0.2, 0.25) is 5.91 Å². The molecule has 0 bridgehead atoms. The Labute approximate surface area is 121 Å². The number of carbonyl (C=O) groups is 1. The lowest BCUT2D eigenvalue weighted by Gasteiger charge is -2.10. The minimum absolute atomic E-state index is 0.0203. The molecule has 1 aromatic carbocycles. The maximum atomic E-state index is 11.7. The van der Waals surface area contributed by atoms with Crippen LogP contribution in [0.3, 0.4) is 0 Å². The van der Waals surface area contributed by atoms with Gasteiger partial charge in [0, 0.05) is 30.7 Å². The molecule has 108 valence electrons. The van der Waals surface area contributed by atoms with Gasteiger partial charge in [0.1, 0.15) is 4.90 Å². The molecule has 3 rings (SSSR count). The molecule has 1 aliphatic rings. The third-order valence-corrected chi connectivity index (χ3v) is 4.32. The van der Waals surface area contributed by atoms with E-state index in [1.807, 2.05) is 12.1 Å². The zero-order chi connectivity index (χ0) is 15.2. The fraction of sp³-hybridized carbons (Fsp3) is 0.143. The highest BCUT2D eigenvalue weighted by atomic mass is 32.2. The predicted molar refractivity (Wildman–Crippen MR) is 76.6 cm³/mol. The number of rotatable bonds is 2. The predicted octanol–water partition coefficient (Wildman–Crippen LogP) is 1.51. The van der Waals surface area contributed by atoms with Gasteiger partial charge in [0.25, 0.3) is 10.1 Å². The number of nitrogens with zero attached hydrogens (tertiary/aromatic N) is 2. The molecule has 1 N–H and O–H groups in total. The maximum absolute atomic E-state index is 11.7. The topological polar surface area (TPSA) is 87.6 Å². The zero-order valence-electron chi connectivity index (χ0n) is 11.1. The molecule has 1 aliphatic heterocycles. The number of benzene rings is 1. The van der Waals surface area contributed by atoms with Gasteiger partial charge in [0.05, 0.1) is 6.42 Å². The molecule has 1 amide bonds. The Balaban J connectivity index is 2.07. The second-order valence-corrected chi connectivity index (χ2v) is 6.28. The van der Waals surface area contributed by atoms with Gasteiger partial charge in [-0.15, -0.1) is 0 Å². The van der Waals surface area contributed by atoms with Crippen molar-refractivity contribution in [3.63, 3.8) is 0 Å². The smallest absolute Gasteiger partial charge is 0.296 e. The van der Waals surface area contributed by atoms with Gasteiger partial charge in [-0.3, -0.25) is 14.3 Å². The van der Waals surface area contributed by atoms with Crippen LogP contribution in [0.1, 0.15) is 5.56 Å². The Morgan fingerprint density at radius 3 is 2.67 bits per heavy atom. The molecular formula is C14H12N2O4S. The molecule has 21 heavy (non-hydrogen) atoms. The lowest BCUT2D eigenvalue weighted by Crippen LogP contribution is -2.20. The Morgan fingerprint density at radius 2 is 1.95 bits per heavy atom. The first-order chi connectivity index (χ1) is 9.86. The number of carbonyl (C=O) groups excluding carboxylic acids is 1. The summed E-state index contributed by atoms with van der Waals surface area (Å²) < 4.78 is 31.4. The van der Waals surface area contributed by atoms with E-state index in [0.29, 0.717) is 12.0 Å². The number of amides is 1. The van der Waals surface area contributed by atoms with Gasteiger partial charge in [-0.05, 0) is 29.3 Å². The second-order valence-electron chi connectivity index (χ2n) is 4.86. The van der Waals surface area contributed by atoms with E-state index in [1.54, 1.807) is 18.0 Å². The van der Waals surface area contributed by atoms with Crippen molar-refractivity contribution in [2.45, 2.75) is 11.3 Å². The minimum Gasteiger partial charge on any atom is -0.315 e. The Kier molecular flexibility index (Phi) is 3.03. The van der Waals surface area contributed by atoms with Crippen LogP contribution in [0.2, 0.25) is 0 Å². The van der Waals surface area contributed by atoms with Crippen LogP contribution in [0.15, 0.2) is 41.6 Å². The zero-order valence-corrected chi connectivity index (χ0v) is 12.0. The number of anilines is 1. The molecule has 6 nitrogen and oxygen atoms in total. The first-order valence-electron chi connectivity index (χ1n) is 6.18. The van der Waals surface area contributed by atoms with Gasteiger partial charge < -0.3 is 4.90 Å². The van der Waals surface area contributed by atoms with Crippen LogP contribution in [-0.4, -0.2) is 30.9 Å². The van der Waals surface area contributed by atoms with E-state index in [1.165, 1.54) is 12.3 Å². The second kappa shape index (κ2) is 4.64. The molecular weight excluding hydrogens is 292 g/mol. The molecule has 1 aromatic heterocycles. The minimum atomic E-state index is -4.29. The van der Waals surface area contributed by atoms with Gasteiger partial charge in [0.15, 0.2) is 0 Å². The lowest BCUT2D eigenvalue weighted by molar-refractivity contribution is -0.117. The fourth-order valence-corrected chi connectivity index (χ4v) is 2.84. The summed E-state index contributed by atoms with van der Waals surface area (Å²) in [5.74, 6) is 0.0203. The number of fused-ring (bicyclic) bond motifs is 1. The van der Waals surface area contributed by atoms with Gasteiger partial charge in [-0.1, -0.05) is 6.07 Å². The summed E-state index contributed by atoms with van der Waals surface area (Å²) in [5.41, 5.74) is 3.05. The SMILES string of the molecule is CN1C(=O)Cc2cc(-c3cncc(S(=O)(=O)O)c3)ccc21. The van der Waals surface area contributed by atoms with E-state index in [2.05, 4.69) is 4.98 Å². The number of aromatic nitrogens is 1. The van der Waals surface area contributed by atoms with Gasteiger partial charge in [-0.2, -0.15) is 8.42 Å². The largest absolute Gasteiger partial charge is 0.315 e. The van der Waals surface area contributed by atoms with E-state index in [-0.39, 0.29) is 10.8 Å². The summed E-state index contributed by atoms with van der Waals surface area (Å²) in [7, 11) is -2.57. The Morgan fingerprint density at radius 1 is 1.19 bits per heavy atom. The molecule has 0 radical (unpaired) electrons. The van der Waals surface area contributed by atoms with E-state index >= 15 is 0 Å². The summed E-state index contributed by atoms with van der Waals surface area (Å²) in [6.45, 7) is 0. The quantitative estimate of drug-likeness (QED) is 0.850. The third kappa shape index (κ3) is 2.41. The van der Waals surface area contributed by atoms with Crippen molar-refractivity contribution in [2.24, 2.45) is 0 Å². The summed E-state index contributed by atoms with van der Waals surface area (Å²) >= 11 is 0. The number of likely N-dealkylation sites (N-methyl/N-ethyl adjacent to an activating group) is 1. The molecule has 0 saturated heterocycles. The molecule has 0 unspecified atom stereocenters. The highest BCUT2D eigenvalue weighted by molar-refractivity contribution is 7.85. The molecule has 0 fully saturated rings. The van der Waals surface area contributed by atoms with Crippen LogP contribution < -0.4 is 4.90 Å². The number of pyridine rings is 1. The molecule has 0 saturated carbocycles. The van der Waals surface area contributed by atoms with Crippen LogP contribution in [0.5, 0.6) is 0 Å². The number of hydrogen-bond donors (Lipinski definition) is 1. The fourth-order valence-electron chi connectivity index (χ4n) is 2.37. The maximum Gasteiger partial charge on any atom is 0.296 e. The first-order valence-corrected chi connectivity index (χ1v) is 7.62. The normalized spacial score (nSPS) is 14.4. The van der Waals surface area contributed by atoms with E-state index in [9.17, 15) is 13.2 Å². The van der Waals surface area contributed by atoms with Crippen molar-refractivity contribution in [1.29, 1.82) is 0 Å². The van der Waals surface area contributed by atoms with E-state index in [0.717, 1.165) is 23.0 Å². The number of hydrogen-bond acceptors (Lipinski definition) is 4. The van der Waals surface area contributed by atoms with Crippen LogP contribution >= 0.6 is 0 Å². The lowest BCUT2D eigenvalue weighted by atomic mass is 10.0. The van der Waals surface area contributed by atoms with Gasteiger partial charge in [-0.25, -0.2) is 0 Å². The highest BCUT2D eigenvalue weighted by Crippen LogP contribution is 2.32. The summed E-state index contributed by atoms with van der Waals surface area (Å²) in [6, 6.07) is 6.79. The van der Waals surface area contributed by atoms with Crippen LogP contribution in [0.25, 0.3) is 11.1 Å². The summed E-state index contributed by atoms with van der Waals surface area (Å²) in [6.07, 6.45) is 2.92. The van der Waals surface area contributed by atoms with Gasteiger partial charge >= 0.3 is 0 Å². The molecule has 0 atom stereocenters. The van der Waals surface area contributed by atoms with Crippen molar-refractivity contribution in [3.8, 4) is 11.1 Å². The van der Waals surface area contributed by atoms with E-state index < -0.39 is 10.1 Å². The monoisotopic (exact) mass is 304 g/mol. The highest BCUT2D eigenvalue weighted by Gasteiger charge is 2.24. The van der Waals surface area contributed by atoms with Crippen LogP contribution in [0, 0.1) is 0 Å². The standard InChI is InChI=1S/C14H12N2O4S/c1-16-13-3-2-9(4-10(13)6-14(16)17)11-5-12(8-15-7-11)21(18,19)20/h2-5,7-8H,6H2,1H3,(H,18,19,20). The molecule has 7 heteroatoms. The average Bonchev–Trinajstić information content (AvgIpc) is 2.73. The summed E-state index contributed by atoms with van der Waals surface area (Å²) in [5, 5.41) is 0.